The van der Waals surface area contributed by atoms with Crippen LogP contribution >= 0.6 is 0 Å². The second kappa shape index (κ2) is 16.4. The number of hydrogen-bond acceptors (Lipinski definition) is 0. The van der Waals surface area contributed by atoms with E-state index in [0.29, 0.717) is 0 Å². The Labute approximate surface area is 357 Å². The monoisotopic (exact) mass is 826 g/mol. The van der Waals surface area contributed by atoms with Gasteiger partial charge in [-0.25, -0.2) is 0 Å². The molecule has 0 bridgehead atoms. The average molecular weight is 828 g/mol. The summed E-state index contributed by atoms with van der Waals surface area (Å²) in [6.45, 7) is 45.4. The van der Waals surface area contributed by atoms with E-state index in [0.717, 1.165) is 6.42 Å². The zero-order valence-corrected chi connectivity index (χ0v) is 41.4. The molecule has 53 heavy (non-hydrogen) atoms. The van der Waals surface area contributed by atoms with E-state index in [4.69, 9.17) is 0 Å². The maximum absolute atomic E-state index is 2.93. The van der Waals surface area contributed by atoms with Gasteiger partial charge in [0.1, 0.15) is 0 Å². The van der Waals surface area contributed by atoms with Gasteiger partial charge in [0.25, 0.3) is 0 Å². The minimum atomic E-state index is -2.93. The van der Waals surface area contributed by atoms with Crippen LogP contribution in [0, 0.1) is 0 Å². The third-order valence-corrected chi connectivity index (χ3v) is 17.4. The zero-order valence-electron chi connectivity index (χ0n) is 36.6. The molecule has 290 valence electrons. The molecule has 0 radical (unpaired) electrons. The van der Waals surface area contributed by atoms with E-state index in [-0.39, 0.29) is 69.7 Å². The van der Waals surface area contributed by atoms with Crippen molar-refractivity contribution in [1.29, 1.82) is 0 Å². The van der Waals surface area contributed by atoms with Crippen molar-refractivity contribution in [3.05, 3.63) is 109 Å². The molecule has 4 rings (SSSR count). The fourth-order valence-electron chi connectivity index (χ4n) is 7.19. The Kier molecular flexibility index (Phi) is 15.5. The van der Waals surface area contributed by atoms with Crippen molar-refractivity contribution in [2.24, 2.45) is 0 Å². The molecule has 0 spiro atoms. The van der Waals surface area contributed by atoms with Crippen LogP contribution in [-0.4, -0.2) is 8.07 Å². The van der Waals surface area contributed by atoms with Crippen LogP contribution in [0.2, 0.25) is 0 Å². The Hall–Kier alpha value is -1.06. The normalized spacial score (nSPS) is 14.7. The van der Waals surface area contributed by atoms with Gasteiger partial charge in [0, 0.05) is 0 Å². The summed E-state index contributed by atoms with van der Waals surface area (Å²) in [5.41, 5.74) is 10.1. The summed E-state index contributed by atoms with van der Waals surface area (Å²) in [7, 11) is -2.93. The molecule has 0 aliphatic heterocycles. The minimum absolute atomic E-state index is 0. The van der Waals surface area contributed by atoms with E-state index in [2.05, 4.69) is 213 Å². The Morgan fingerprint density at radius 3 is 0.755 bits per heavy atom. The van der Waals surface area contributed by atoms with Gasteiger partial charge >= 0.3 is 323 Å². The van der Waals surface area contributed by atoms with E-state index in [9.17, 15) is 0 Å². The quantitative estimate of drug-likeness (QED) is 0.281. The molecule has 0 fully saturated rings. The fraction of sp³-hybridized carbons (Fsp3) is 0.542. The SMILES string of the molecule is CC1=CCC([Si](c2cc(C(C)(C)C)cc(C(C)(C)C)c2)(c2cc(C(C)(C)C)cc(C(C)(C)C)c2)c2cc(C(C)(C)C)cc(C(C)(C)C)c2)=[C]1[Ti+3].[Cl-].[Cl-].[Cl-]. The van der Waals surface area contributed by atoms with E-state index in [1.54, 1.807) is 5.20 Å². The Bertz CT molecular complexity index is 1560. The molecule has 5 heteroatoms. The van der Waals surface area contributed by atoms with E-state index >= 15 is 0 Å². The molecule has 0 saturated carbocycles. The van der Waals surface area contributed by atoms with Gasteiger partial charge in [-0.05, 0) is 0 Å². The third-order valence-electron chi connectivity index (χ3n) is 11.1. The van der Waals surface area contributed by atoms with Crippen LogP contribution < -0.4 is 52.8 Å². The summed E-state index contributed by atoms with van der Waals surface area (Å²) in [4.78, 5) is 0. The third kappa shape index (κ3) is 10.5. The Morgan fingerprint density at radius 1 is 0.396 bits per heavy atom. The van der Waals surface area contributed by atoms with E-state index in [1.165, 1.54) is 58.4 Å². The Morgan fingerprint density at radius 2 is 0.604 bits per heavy atom. The van der Waals surface area contributed by atoms with Crippen LogP contribution in [0.3, 0.4) is 0 Å². The van der Waals surface area contributed by atoms with Gasteiger partial charge in [0.05, 0.1) is 0 Å². The second-order valence-electron chi connectivity index (χ2n) is 21.6. The maximum atomic E-state index is 2.65. The van der Waals surface area contributed by atoms with Crippen LogP contribution in [0.4, 0.5) is 0 Å². The van der Waals surface area contributed by atoms with Gasteiger partial charge < -0.3 is 37.2 Å². The first-order valence-electron chi connectivity index (χ1n) is 19.0. The average Bonchev–Trinajstić information content (AvgIpc) is 3.28. The molecule has 1 aliphatic carbocycles. The molecule has 0 nitrogen and oxygen atoms in total. The summed E-state index contributed by atoms with van der Waals surface area (Å²) >= 11 is 2.42. The van der Waals surface area contributed by atoms with Gasteiger partial charge in [-0.1, -0.05) is 0 Å². The van der Waals surface area contributed by atoms with E-state index < -0.39 is 8.07 Å². The molecule has 0 N–H and O–H groups in total. The van der Waals surface area contributed by atoms with Crippen LogP contribution in [0.25, 0.3) is 0 Å². The summed E-state index contributed by atoms with van der Waals surface area (Å²) in [5.74, 6) is 0. The van der Waals surface area contributed by atoms with Crippen LogP contribution in [0.15, 0.2) is 75.3 Å². The summed E-state index contributed by atoms with van der Waals surface area (Å²) in [6, 6.07) is 23.4. The van der Waals surface area contributed by atoms with Crippen molar-refractivity contribution in [2.75, 3.05) is 0 Å². The number of allylic oxidation sites excluding steroid dienone is 4. The second-order valence-corrected chi connectivity index (χ2v) is 26.2. The molecule has 0 heterocycles. The first kappa shape index (κ1) is 50.0. The first-order chi connectivity index (χ1) is 22.4. The smallest absolute Gasteiger partial charge is 1.00 e. The maximum Gasteiger partial charge on any atom is -1.00 e. The van der Waals surface area contributed by atoms with Crippen molar-refractivity contribution < 1.29 is 57.7 Å². The van der Waals surface area contributed by atoms with Gasteiger partial charge in [-0.15, -0.1) is 0 Å². The van der Waals surface area contributed by atoms with Gasteiger partial charge in [-0.3, -0.25) is 0 Å². The molecule has 0 amide bonds. The minimum Gasteiger partial charge on any atom is -1.00 e. The number of rotatable bonds is 4. The first-order valence-corrected chi connectivity index (χ1v) is 21.8. The van der Waals surface area contributed by atoms with Crippen molar-refractivity contribution in [3.63, 3.8) is 0 Å². The van der Waals surface area contributed by atoms with Crippen molar-refractivity contribution in [2.45, 2.75) is 170 Å². The van der Waals surface area contributed by atoms with Crippen LogP contribution in [0.1, 0.15) is 171 Å². The summed E-state index contributed by atoms with van der Waals surface area (Å²) in [5, 5.41) is 6.25. The predicted octanol–water partition coefficient (Wildman–Crippen LogP) is 2.64. The van der Waals surface area contributed by atoms with Crippen molar-refractivity contribution in [1.82, 2.24) is 0 Å². The standard InChI is InChI=1S/C48H69Si.3ClH.Ti/c1-32-20-21-39(22-32)49(40-26-33(43(2,3)4)23-34(27-40)44(5,6)7,41-28-35(45(8,9)10)24-36(29-41)46(11,12)13)42-30-37(47(14,15)16)25-38(31-42)48(17,18)19;;;;/h20,23-31H,21H2,1-19H3;3*1H;/q;;;;+3/p-3. The molecule has 0 saturated heterocycles. The molecule has 0 unspecified atom stereocenters. The van der Waals surface area contributed by atoms with E-state index in [1.807, 2.05) is 0 Å². The summed E-state index contributed by atoms with van der Waals surface area (Å²) in [6.07, 6.45) is 3.52. The van der Waals surface area contributed by atoms with Gasteiger partial charge in [0.2, 0.25) is 0 Å². The largest absolute Gasteiger partial charge is 1.00 e. The van der Waals surface area contributed by atoms with Gasteiger partial charge in [0.15, 0.2) is 0 Å². The fourth-order valence-corrected chi connectivity index (χ4v) is 13.6. The molecule has 1 aliphatic rings. The van der Waals surface area contributed by atoms with Gasteiger partial charge in [-0.2, -0.15) is 0 Å². The molecule has 0 atom stereocenters. The zero-order chi connectivity index (χ0) is 38.2. The number of benzene rings is 3. The molecular formula is C48H69Cl3SiTi. The Balaban J connectivity index is 0.00000468. The molecule has 3 aromatic carbocycles. The van der Waals surface area contributed by atoms with Crippen molar-refractivity contribution in [3.8, 4) is 0 Å². The predicted molar refractivity (Wildman–Crippen MR) is 222 cm³/mol. The molecule has 0 aromatic heterocycles. The van der Waals surface area contributed by atoms with Crippen molar-refractivity contribution >= 4 is 23.6 Å². The molecular weight excluding hydrogens is 759 g/mol. The number of halogens is 3. The molecule has 3 aromatic rings. The number of hydrogen-bond donors (Lipinski definition) is 0. The van der Waals surface area contributed by atoms with Crippen LogP contribution in [-0.2, 0) is 52.9 Å². The summed E-state index contributed by atoms with van der Waals surface area (Å²) < 4.78 is 1.49. The topological polar surface area (TPSA) is 0 Å². The van der Waals surface area contributed by atoms with Crippen LogP contribution in [0.5, 0.6) is 0 Å².